The van der Waals surface area contributed by atoms with Crippen LogP contribution in [0.5, 0.6) is 5.75 Å². The number of para-hydroxylation sites is 1. The predicted octanol–water partition coefficient (Wildman–Crippen LogP) is 3.43. The van der Waals surface area contributed by atoms with Crippen molar-refractivity contribution in [2.45, 2.75) is 33.7 Å². The van der Waals surface area contributed by atoms with Crippen molar-refractivity contribution in [1.82, 2.24) is 5.32 Å². The number of aryl methyl sites for hydroxylation is 1. The fourth-order valence-electron chi connectivity index (χ4n) is 1.43. The molecule has 1 aromatic carbocycles. The zero-order chi connectivity index (χ0) is 12.0. The van der Waals surface area contributed by atoms with Crippen LogP contribution < -0.4 is 10.1 Å². The number of rotatable bonds is 6. The van der Waals surface area contributed by atoms with Crippen LogP contribution >= 0.6 is 12.4 Å². The molecule has 1 unspecified atom stereocenters. The molecule has 98 valence electrons. The largest absolute Gasteiger partial charge is 0.492 e. The third-order valence-electron chi connectivity index (χ3n) is 2.46. The molecule has 0 aliphatic carbocycles. The molecule has 0 heterocycles. The van der Waals surface area contributed by atoms with Gasteiger partial charge in [-0.15, -0.1) is 12.4 Å². The number of ether oxygens (including phenoxy) is 1. The zero-order valence-electron chi connectivity index (χ0n) is 11.2. The Morgan fingerprint density at radius 1 is 1.18 bits per heavy atom. The minimum Gasteiger partial charge on any atom is -0.492 e. The Kier molecular flexibility index (Phi) is 8.01. The molecule has 1 aromatic rings. The standard InChI is InChI=1S/C14H23NO.ClH/c1-11(2)9-15-13(4)10-16-14-8-6-5-7-12(14)3;/h5-8,11,13,15H,9-10H2,1-4H3;1H. The normalized spacial score (nSPS) is 12.1. The van der Waals surface area contributed by atoms with Gasteiger partial charge in [0.15, 0.2) is 0 Å². The first kappa shape index (κ1) is 16.3. The van der Waals surface area contributed by atoms with Crippen molar-refractivity contribution in [3.63, 3.8) is 0 Å². The highest BCUT2D eigenvalue weighted by atomic mass is 35.5. The van der Waals surface area contributed by atoms with E-state index in [0.29, 0.717) is 12.0 Å². The summed E-state index contributed by atoms with van der Waals surface area (Å²) >= 11 is 0. The summed E-state index contributed by atoms with van der Waals surface area (Å²) in [5.41, 5.74) is 1.19. The first-order valence-corrected chi connectivity index (χ1v) is 6.01. The summed E-state index contributed by atoms with van der Waals surface area (Å²) in [6.07, 6.45) is 0. The van der Waals surface area contributed by atoms with Crippen LogP contribution in [0, 0.1) is 12.8 Å². The molecule has 0 saturated carbocycles. The highest BCUT2D eigenvalue weighted by molar-refractivity contribution is 5.85. The van der Waals surface area contributed by atoms with E-state index in [-0.39, 0.29) is 12.4 Å². The molecule has 0 spiro atoms. The monoisotopic (exact) mass is 257 g/mol. The van der Waals surface area contributed by atoms with Gasteiger partial charge in [0.05, 0.1) is 0 Å². The number of nitrogens with one attached hydrogen (secondary N) is 1. The van der Waals surface area contributed by atoms with Gasteiger partial charge < -0.3 is 10.1 Å². The molecule has 0 radical (unpaired) electrons. The van der Waals surface area contributed by atoms with Crippen molar-refractivity contribution in [3.8, 4) is 5.75 Å². The summed E-state index contributed by atoms with van der Waals surface area (Å²) in [6, 6.07) is 8.52. The molecular weight excluding hydrogens is 234 g/mol. The predicted molar refractivity (Wildman–Crippen MR) is 76.2 cm³/mol. The summed E-state index contributed by atoms with van der Waals surface area (Å²) < 4.78 is 5.77. The van der Waals surface area contributed by atoms with Crippen LogP contribution in [0.2, 0.25) is 0 Å². The Morgan fingerprint density at radius 2 is 1.82 bits per heavy atom. The SMILES string of the molecule is Cc1ccccc1OCC(C)NCC(C)C.Cl. The minimum atomic E-state index is 0. The van der Waals surface area contributed by atoms with Crippen LogP contribution in [0.25, 0.3) is 0 Å². The molecule has 0 aromatic heterocycles. The van der Waals surface area contributed by atoms with Gasteiger partial charge in [-0.1, -0.05) is 32.0 Å². The maximum Gasteiger partial charge on any atom is 0.122 e. The van der Waals surface area contributed by atoms with E-state index in [1.165, 1.54) is 5.56 Å². The summed E-state index contributed by atoms with van der Waals surface area (Å²) in [6.45, 7) is 10.4. The maximum atomic E-state index is 5.77. The molecule has 0 aliphatic rings. The smallest absolute Gasteiger partial charge is 0.122 e. The van der Waals surface area contributed by atoms with E-state index in [4.69, 9.17) is 4.74 Å². The highest BCUT2D eigenvalue weighted by Crippen LogP contribution is 2.16. The van der Waals surface area contributed by atoms with Gasteiger partial charge in [0.1, 0.15) is 12.4 Å². The molecule has 1 atom stereocenters. The summed E-state index contributed by atoms with van der Waals surface area (Å²) in [5.74, 6) is 1.67. The molecule has 3 heteroatoms. The third-order valence-corrected chi connectivity index (χ3v) is 2.46. The molecule has 17 heavy (non-hydrogen) atoms. The van der Waals surface area contributed by atoms with Crippen LogP contribution in [0.15, 0.2) is 24.3 Å². The number of hydrogen-bond acceptors (Lipinski definition) is 2. The Bertz CT molecular complexity index is 315. The molecule has 0 saturated heterocycles. The van der Waals surface area contributed by atoms with E-state index in [1.807, 2.05) is 18.2 Å². The zero-order valence-corrected chi connectivity index (χ0v) is 12.0. The Labute approximate surface area is 111 Å². The van der Waals surface area contributed by atoms with Crippen molar-refractivity contribution in [3.05, 3.63) is 29.8 Å². The molecule has 1 rings (SSSR count). The molecule has 0 bridgehead atoms. The molecule has 0 amide bonds. The van der Waals surface area contributed by atoms with Crippen LogP contribution in [-0.2, 0) is 0 Å². The fourth-order valence-corrected chi connectivity index (χ4v) is 1.43. The van der Waals surface area contributed by atoms with Crippen molar-refractivity contribution in [1.29, 1.82) is 0 Å². The van der Waals surface area contributed by atoms with Crippen molar-refractivity contribution in [2.24, 2.45) is 5.92 Å². The van der Waals surface area contributed by atoms with Gasteiger partial charge in [-0.3, -0.25) is 0 Å². The van der Waals surface area contributed by atoms with E-state index in [2.05, 4.69) is 39.1 Å². The van der Waals surface area contributed by atoms with Crippen molar-refractivity contribution in [2.75, 3.05) is 13.2 Å². The van der Waals surface area contributed by atoms with Gasteiger partial charge in [0, 0.05) is 6.04 Å². The lowest BCUT2D eigenvalue weighted by Crippen LogP contribution is -2.34. The quantitative estimate of drug-likeness (QED) is 0.843. The molecule has 0 fully saturated rings. The third kappa shape index (κ3) is 6.54. The van der Waals surface area contributed by atoms with Crippen LogP contribution in [0.4, 0.5) is 0 Å². The van der Waals surface area contributed by atoms with Crippen LogP contribution in [-0.4, -0.2) is 19.2 Å². The van der Waals surface area contributed by atoms with Crippen molar-refractivity contribution < 1.29 is 4.74 Å². The van der Waals surface area contributed by atoms with Gasteiger partial charge in [-0.25, -0.2) is 0 Å². The minimum absolute atomic E-state index is 0. The second kappa shape index (κ2) is 8.37. The average Bonchev–Trinajstić information content (AvgIpc) is 2.25. The van der Waals surface area contributed by atoms with Gasteiger partial charge >= 0.3 is 0 Å². The van der Waals surface area contributed by atoms with E-state index < -0.39 is 0 Å². The lowest BCUT2D eigenvalue weighted by Gasteiger charge is -2.17. The summed E-state index contributed by atoms with van der Waals surface area (Å²) in [7, 11) is 0. The van der Waals surface area contributed by atoms with E-state index in [0.717, 1.165) is 18.9 Å². The second-order valence-electron chi connectivity index (χ2n) is 4.78. The van der Waals surface area contributed by atoms with Gasteiger partial charge in [0.25, 0.3) is 0 Å². The maximum absolute atomic E-state index is 5.77. The molecular formula is C14H24ClNO. The summed E-state index contributed by atoms with van der Waals surface area (Å²) in [4.78, 5) is 0. The molecule has 2 nitrogen and oxygen atoms in total. The topological polar surface area (TPSA) is 21.3 Å². The van der Waals surface area contributed by atoms with Gasteiger partial charge in [-0.05, 0) is 37.9 Å². The van der Waals surface area contributed by atoms with Crippen molar-refractivity contribution >= 4 is 12.4 Å². The second-order valence-corrected chi connectivity index (χ2v) is 4.78. The van der Waals surface area contributed by atoms with Crippen LogP contribution in [0.3, 0.4) is 0 Å². The lowest BCUT2D eigenvalue weighted by molar-refractivity contribution is 0.268. The number of benzene rings is 1. The first-order valence-electron chi connectivity index (χ1n) is 6.01. The van der Waals surface area contributed by atoms with Gasteiger partial charge in [-0.2, -0.15) is 0 Å². The Morgan fingerprint density at radius 3 is 2.41 bits per heavy atom. The van der Waals surface area contributed by atoms with E-state index >= 15 is 0 Å². The molecule has 0 aliphatic heterocycles. The van der Waals surface area contributed by atoms with Gasteiger partial charge in [0.2, 0.25) is 0 Å². The Hall–Kier alpha value is -0.730. The van der Waals surface area contributed by atoms with Crippen LogP contribution in [0.1, 0.15) is 26.3 Å². The molecule has 1 N–H and O–H groups in total. The van der Waals surface area contributed by atoms with E-state index in [9.17, 15) is 0 Å². The fraction of sp³-hybridized carbons (Fsp3) is 0.571. The highest BCUT2D eigenvalue weighted by Gasteiger charge is 2.04. The lowest BCUT2D eigenvalue weighted by atomic mass is 10.2. The Balaban J connectivity index is 0.00000256. The summed E-state index contributed by atoms with van der Waals surface area (Å²) in [5, 5.41) is 3.45. The first-order chi connectivity index (χ1) is 7.59. The number of hydrogen-bond donors (Lipinski definition) is 1. The average molecular weight is 258 g/mol. The number of halogens is 1. The van der Waals surface area contributed by atoms with E-state index in [1.54, 1.807) is 0 Å².